The zero-order chi connectivity index (χ0) is 12.8. The predicted molar refractivity (Wildman–Crippen MR) is 68.3 cm³/mol. The van der Waals surface area contributed by atoms with Crippen LogP contribution in [0.2, 0.25) is 0 Å². The highest BCUT2D eigenvalue weighted by Gasteiger charge is 2.20. The largest absolute Gasteiger partial charge is 0.374 e. The van der Waals surface area contributed by atoms with Gasteiger partial charge < -0.3 is 21.1 Å². The van der Waals surface area contributed by atoms with E-state index in [0.29, 0.717) is 24.8 Å². The minimum atomic E-state index is -0.365. The lowest BCUT2D eigenvalue weighted by Crippen LogP contribution is -2.48. The van der Waals surface area contributed by atoms with Crippen molar-refractivity contribution in [3.8, 4) is 0 Å². The van der Waals surface area contributed by atoms with Gasteiger partial charge in [-0.3, -0.25) is 4.79 Å². The van der Waals surface area contributed by atoms with Crippen LogP contribution in [-0.2, 0) is 16.0 Å². The molecule has 2 rings (SSSR count). The van der Waals surface area contributed by atoms with Gasteiger partial charge >= 0.3 is 0 Å². The van der Waals surface area contributed by atoms with Crippen LogP contribution in [0.15, 0.2) is 0 Å². The summed E-state index contributed by atoms with van der Waals surface area (Å²) in [5.41, 5.74) is 5.48. The zero-order valence-corrected chi connectivity index (χ0v) is 10.8. The van der Waals surface area contributed by atoms with Crippen LogP contribution in [0.1, 0.15) is 11.4 Å². The van der Waals surface area contributed by atoms with Crippen molar-refractivity contribution in [2.75, 3.05) is 32.0 Å². The number of aryl methyl sites for hydroxylation is 1. The van der Waals surface area contributed by atoms with Gasteiger partial charge in [0.15, 0.2) is 0 Å². The van der Waals surface area contributed by atoms with Gasteiger partial charge in [0.2, 0.25) is 11.0 Å². The summed E-state index contributed by atoms with van der Waals surface area (Å²) in [4.78, 5) is 11.7. The molecule has 1 aromatic rings. The Morgan fingerprint density at radius 3 is 3.17 bits per heavy atom. The smallest absolute Gasteiger partial charge is 0.250 e. The third-order valence-corrected chi connectivity index (χ3v) is 3.38. The Kier molecular flexibility index (Phi) is 4.85. The molecule has 100 valence electrons. The van der Waals surface area contributed by atoms with E-state index in [0.717, 1.165) is 24.4 Å². The van der Waals surface area contributed by atoms with Crippen LogP contribution in [0, 0.1) is 0 Å². The molecule has 0 bridgehead atoms. The Hall–Kier alpha value is -1.25. The number of hydrogen-bond donors (Lipinski definition) is 3. The fourth-order valence-corrected chi connectivity index (χ4v) is 2.32. The van der Waals surface area contributed by atoms with Crippen molar-refractivity contribution in [2.24, 2.45) is 0 Å². The van der Waals surface area contributed by atoms with Crippen LogP contribution in [-0.4, -0.2) is 48.4 Å². The first-order valence-corrected chi connectivity index (χ1v) is 6.75. The first kappa shape index (κ1) is 13.2. The fourth-order valence-electron chi connectivity index (χ4n) is 1.67. The number of anilines is 1. The molecule has 1 fully saturated rings. The first-order chi connectivity index (χ1) is 8.75. The van der Waals surface area contributed by atoms with Crippen LogP contribution in [0.5, 0.6) is 0 Å². The molecule has 18 heavy (non-hydrogen) atoms. The fraction of sp³-hybridized carbons (Fsp3) is 0.700. The molecule has 0 spiro atoms. The highest BCUT2D eigenvalue weighted by molar-refractivity contribution is 7.15. The number of nitrogens with one attached hydrogen (secondary N) is 2. The number of carbonyl (C=O) groups excluding carboxylic acids is 1. The van der Waals surface area contributed by atoms with E-state index in [1.54, 1.807) is 0 Å². The third kappa shape index (κ3) is 3.90. The van der Waals surface area contributed by atoms with Crippen LogP contribution in [0.3, 0.4) is 0 Å². The highest BCUT2D eigenvalue weighted by Crippen LogP contribution is 2.12. The molecule has 4 N–H and O–H groups in total. The molecule has 0 aromatic carbocycles. The van der Waals surface area contributed by atoms with E-state index in [1.807, 2.05) is 0 Å². The maximum absolute atomic E-state index is 11.7. The average Bonchev–Trinajstić information content (AvgIpc) is 2.81. The summed E-state index contributed by atoms with van der Waals surface area (Å²) in [6.07, 6.45) is 1.23. The van der Waals surface area contributed by atoms with E-state index in [-0.39, 0.29) is 12.0 Å². The van der Waals surface area contributed by atoms with Gasteiger partial charge in [-0.2, -0.15) is 0 Å². The molecule has 0 radical (unpaired) electrons. The summed E-state index contributed by atoms with van der Waals surface area (Å²) in [6.45, 7) is 2.58. The summed E-state index contributed by atoms with van der Waals surface area (Å²) >= 11 is 1.38. The van der Waals surface area contributed by atoms with Gasteiger partial charge in [-0.05, 0) is 6.42 Å². The monoisotopic (exact) mass is 271 g/mol. The molecular formula is C10H17N5O2S. The Bertz CT molecular complexity index is 391. The minimum absolute atomic E-state index is 0.0565. The quantitative estimate of drug-likeness (QED) is 0.603. The molecule has 1 amide bonds. The molecule has 0 saturated carbocycles. The lowest BCUT2D eigenvalue weighted by Gasteiger charge is -2.22. The van der Waals surface area contributed by atoms with Gasteiger partial charge in [0, 0.05) is 26.1 Å². The van der Waals surface area contributed by atoms with Gasteiger partial charge in [0.25, 0.3) is 0 Å². The second kappa shape index (κ2) is 6.62. The number of rotatable bonds is 5. The lowest BCUT2D eigenvalue weighted by atomic mass is 10.2. The van der Waals surface area contributed by atoms with Gasteiger partial charge in [-0.15, -0.1) is 10.2 Å². The number of morpholine rings is 1. The number of ether oxygens (including phenoxy) is 1. The highest BCUT2D eigenvalue weighted by atomic mass is 32.1. The summed E-state index contributed by atoms with van der Waals surface area (Å²) in [5.74, 6) is -0.0565. The molecule has 1 aliphatic heterocycles. The van der Waals surface area contributed by atoms with Crippen LogP contribution in [0.25, 0.3) is 0 Å². The molecule has 1 atom stereocenters. The first-order valence-electron chi connectivity index (χ1n) is 5.93. The maximum Gasteiger partial charge on any atom is 0.250 e. The average molecular weight is 271 g/mol. The van der Waals surface area contributed by atoms with E-state index in [9.17, 15) is 4.79 Å². The number of nitrogens with two attached hydrogens (primary N) is 1. The second-order valence-corrected chi connectivity index (χ2v) is 5.09. The number of nitrogens with zero attached hydrogens (tertiary/aromatic N) is 2. The van der Waals surface area contributed by atoms with E-state index in [2.05, 4.69) is 20.8 Å². The molecule has 8 heteroatoms. The zero-order valence-electron chi connectivity index (χ0n) is 10.0. The van der Waals surface area contributed by atoms with Gasteiger partial charge in [-0.1, -0.05) is 11.3 Å². The maximum atomic E-state index is 11.7. The summed E-state index contributed by atoms with van der Waals surface area (Å²) in [7, 11) is 0. The van der Waals surface area contributed by atoms with Gasteiger partial charge in [0.1, 0.15) is 11.1 Å². The topological polar surface area (TPSA) is 102 Å². The minimum Gasteiger partial charge on any atom is -0.374 e. The van der Waals surface area contributed by atoms with Crippen molar-refractivity contribution in [3.63, 3.8) is 0 Å². The molecule has 2 heterocycles. The van der Waals surface area contributed by atoms with Crippen molar-refractivity contribution < 1.29 is 9.53 Å². The van der Waals surface area contributed by atoms with Crippen molar-refractivity contribution >= 4 is 22.4 Å². The van der Waals surface area contributed by atoms with E-state index in [1.165, 1.54) is 11.3 Å². The number of nitrogen functional groups attached to an aromatic ring is 1. The van der Waals surface area contributed by atoms with Crippen molar-refractivity contribution in [1.29, 1.82) is 0 Å². The standard InChI is InChI=1S/C10H17N5O2S/c11-10-15-14-8(18-10)2-1-3-13-9(16)7-6-12-4-5-17-7/h7,12H,1-6H2,(H2,11,15)(H,13,16)/t7-/m1/s1. The van der Waals surface area contributed by atoms with Crippen molar-refractivity contribution in [2.45, 2.75) is 18.9 Å². The molecule has 1 aromatic heterocycles. The van der Waals surface area contributed by atoms with Crippen LogP contribution in [0.4, 0.5) is 5.13 Å². The van der Waals surface area contributed by atoms with Crippen molar-refractivity contribution in [1.82, 2.24) is 20.8 Å². The molecule has 0 unspecified atom stereocenters. The Morgan fingerprint density at radius 1 is 1.61 bits per heavy atom. The van der Waals surface area contributed by atoms with E-state index in [4.69, 9.17) is 10.5 Å². The molecule has 0 aliphatic carbocycles. The molecule has 7 nitrogen and oxygen atoms in total. The van der Waals surface area contributed by atoms with Crippen LogP contribution < -0.4 is 16.4 Å². The lowest BCUT2D eigenvalue weighted by molar-refractivity contribution is -0.134. The van der Waals surface area contributed by atoms with Crippen LogP contribution >= 0.6 is 11.3 Å². The summed E-state index contributed by atoms with van der Waals surface area (Å²) in [5, 5.41) is 15.0. The number of amides is 1. The molecular weight excluding hydrogens is 254 g/mol. The Morgan fingerprint density at radius 2 is 2.50 bits per heavy atom. The normalized spacial score (nSPS) is 19.7. The summed E-state index contributed by atoms with van der Waals surface area (Å²) in [6, 6.07) is 0. The second-order valence-electron chi connectivity index (χ2n) is 3.99. The van der Waals surface area contributed by atoms with Gasteiger partial charge in [-0.25, -0.2) is 0 Å². The number of carbonyl (C=O) groups is 1. The Balaban J connectivity index is 1.61. The summed E-state index contributed by atoms with van der Waals surface area (Å²) < 4.78 is 5.35. The van der Waals surface area contributed by atoms with Gasteiger partial charge in [0.05, 0.1) is 6.61 Å². The van der Waals surface area contributed by atoms with E-state index >= 15 is 0 Å². The van der Waals surface area contributed by atoms with E-state index < -0.39 is 0 Å². The SMILES string of the molecule is Nc1nnc(CCCNC(=O)[C@H]2CNCCO2)s1. The third-order valence-electron chi connectivity index (χ3n) is 2.57. The number of hydrogen-bond acceptors (Lipinski definition) is 7. The predicted octanol–water partition coefficient (Wildman–Crippen LogP) is -0.842. The van der Waals surface area contributed by atoms with Crippen molar-refractivity contribution in [3.05, 3.63) is 5.01 Å². The molecule has 1 saturated heterocycles. The Labute approximate surface area is 109 Å². The number of aromatic nitrogens is 2. The molecule has 1 aliphatic rings.